The smallest absolute Gasteiger partial charge is 0.228 e. The third-order valence-corrected chi connectivity index (χ3v) is 5.44. The average molecular weight is 241 g/mol. The van der Waals surface area contributed by atoms with Crippen molar-refractivity contribution in [2.24, 2.45) is 29.6 Å². The van der Waals surface area contributed by atoms with Crippen molar-refractivity contribution in [1.82, 2.24) is 0 Å². The van der Waals surface area contributed by atoms with Crippen LogP contribution in [0.2, 0.25) is 0 Å². The Labute approximate surface area is 108 Å². The lowest BCUT2D eigenvalue weighted by Gasteiger charge is -2.11. The molecule has 18 heavy (non-hydrogen) atoms. The van der Waals surface area contributed by atoms with Gasteiger partial charge in [-0.15, -0.1) is 0 Å². The number of nitrogens with one attached hydrogen (secondary N) is 1. The van der Waals surface area contributed by atoms with Crippen molar-refractivity contribution in [3.8, 4) is 0 Å². The zero-order valence-electron chi connectivity index (χ0n) is 10.7. The summed E-state index contributed by atoms with van der Waals surface area (Å²) in [5.41, 5.74) is 2.14. The molecular weight excluding hydrogens is 222 g/mol. The number of rotatable bonds is 2. The molecule has 2 nitrogen and oxygen atoms in total. The van der Waals surface area contributed by atoms with E-state index in [-0.39, 0.29) is 5.91 Å². The number of carbonyl (C=O) groups is 1. The fourth-order valence-electron chi connectivity index (χ4n) is 4.60. The van der Waals surface area contributed by atoms with Gasteiger partial charge in [-0.2, -0.15) is 0 Å². The first-order valence-corrected chi connectivity index (χ1v) is 7.12. The van der Waals surface area contributed by atoms with E-state index in [1.54, 1.807) is 0 Å². The van der Waals surface area contributed by atoms with E-state index in [1.165, 1.54) is 19.3 Å². The Bertz CT molecular complexity index is 494. The van der Waals surface area contributed by atoms with Gasteiger partial charge in [-0.05, 0) is 61.5 Å². The van der Waals surface area contributed by atoms with Crippen LogP contribution in [0.25, 0.3) is 0 Å². The van der Waals surface area contributed by atoms with Crippen LogP contribution in [0.1, 0.15) is 24.8 Å². The Morgan fingerprint density at radius 1 is 1.17 bits per heavy atom. The predicted octanol–water partition coefficient (Wildman–Crippen LogP) is 3.23. The van der Waals surface area contributed by atoms with E-state index in [2.05, 4.69) is 5.32 Å². The third kappa shape index (κ3) is 1.38. The highest BCUT2D eigenvalue weighted by Crippen LogP contribution is 2.69. The first kappa shape index (κ1) is 10.6. The second-order valence-corrected chi connectivity index (χ2v) is 6.32. The molecule has 94 valence electrons. The van der Waals surface area contributed by atoms with Crippen LogP contribution < -0.4 is 5.32 Å². The molecule has 0 radical (unpaired) electrons. The molecule has 3 aliphatic carbocycles. The molecule has 1 N–H and O–H groups in total. The van der Waals surface area contributed by atoms with Gasteiger partial charge in [0.15, 0.2) is 0 Å². The van der Waals surface area contributed by atoms with Crippen molar-refractivity contribution in [3.05, 3.63) is 29.8 Å². The van der Waals surface area contributed by atoms with Crippen molar-refractivity contribution >= 4 is 11.6 Å². The van der Waals surface area contributed by atoms with E-state index in [1.807, 2.05) is 31.2 Å². The molecule has 2 heteroatoms. The summed E-state index contributed by atoms with van der Waals surface area (Å²) in [6.07, 6.45) is 4.16. The number of hydrogen-bond donors (Lipinski definition) is 1. The zero-order valence-corrected chi connectivity index (χ0v) is 10.7. The molecule has 1 aromatic carbocycles. The maximum atomic E-state index is 12.3. The Kier molecular flexibility index (Phi) is 2.12. The standard InChI is InChI=1S/C16H19NO/c1-9-4-2-3-5-12(9)17-16(18)15-13-10-6-7-11(8-10)14(13)15/h2-5,10-11,13-15H,6-8H2,1H3,(H,17,18)/t10-,11-,13-,14-/m0/s1. The van der Waals surface area contributed by atoms with Gasteiger partial charge in [0.05, 0.1) is 0 Å². The minimum atomic E-state index is 0.274. The topological polar surface area (TPSA) is 29.1 Å². The molecule has 2 bridgehead atoms. The Hall–Kier alpha value is -1.31. The Morgan fingerprint density at radius 2 is 1.83 bits per heavy atom. The summed E-state index contributed by atoms with van der Waals surface area (Å²) in [5, 5.41) is 3.13. The van der Waals surface area contributed by atoms with Gasteiger partial charge < -0.3 is 5.32 Å². The van der Waals surface area contributed by atoms with Gasteiger partial charge in [0, 0.05) is 11.6 Å². The van der Waals surface area contributed by atoms with Crippen LogP contribution in [0.15, 0.2) is 24.3 Å². The van der Waals surface area contributed by atoms with E-state index < -0.39 is 0 Å². The van der Waals surface area contributed by atoms with E-state index in [0.717, 1.165) is 34.9 Å². The molecule has 0 spiro atoms. The third-order valence-electron chi connectivity index (χ3n) is 5.44. The normalized spacial score (nSPS) is 39.5. The monoisotopic (exact) mass is 241 g/mol. The fourth-order valence-corrected chi connectivity index (χ4v) is 4.60. The van der Waals surface area contributed by atoms with Gasteiger partial charge in [0.1, 0.15) is 0 Å². The largest absolute Gasteiger partial charge is 0.326 e. The molecule has 0 aromatic heterocycles. The van der Waals surface area contributed by atoms with Crippen LogP contribution in [-0.4, -0.2) is 5.91 Å². The molecule has 0 heterocycles. The van der Waals surface area contributed by atoms with Crippen molar-refractivity contribution in [2.75, 3.05) is 5.32 Å². The summed E-state index contributed by atoms with van der Waals surface area (Å²) < 4.78 is 0. The summed E-state index contributed by atoms with van der Waals surface area (Å²) >= 11 is 0. The average Bonchev–Trinajstić information content (AvgIpc) is 2.82. The number of carbonyl (C=O) groups excluding carboxylic acids is 1. The van der Waals surface area contributed by atoms with Crippen molar-refractivity contribution in [1.29, 1.82) is 0 Å². The molecule has 4 rings (SSSR count). The SMILES string of the molecule is Cc1ccccc1NC(=O)C1[C@H]2[C@H]3CC[C@@H](C3)[C@H]12. The number of anilines is 1. The van der Waals surface area contributed by atoms with Crippen LogP contribution in [-0.2, 0) is 4.79 Å². The first-order valence-electron chi connectivity index (χ1n) is 7.12. The van der Waals surface area contributed by atoms with E-state index >= 15 is 0 Å². The summed E-state index contributed by atoms with van der Waals surface area (Å²) in [7, 11) is 0. The van der Waals surface area contributed by atoms with Crippen molar-refractivity contribution < 1.29 is 4.79 Å². The lowest BCUT2D eigenvalue weighted by atomic mass is 10.0. The molecule has 3 saturated carbocycles. The second-order valence-electron chi connectivity index (χ2n) is 6.32. The number of hydrogen-bond acceptors (Lipinski definition) is 1. The van der Waals surface area contributed by atoms with Gasteiger partial charge in [0.2, 0.25) is 5.91 Å². The molecule has 1 amide bonds. The molecule has 0 unspecified atom stereocenters. The van der Waals surface area contributed by atoms with Gasteiger partial charge in [0.25, 0.3) is 0 Å². The number of aryl methyl sites for hydroxylation is 1. The predicted molar refractivity (Wildman–Crippen MR) is 71.1 cm³/mol. The molecule has 1 aromatic rings. The summed E-state index contributed by atoms with van der Waals surface area (Å²) in [6, 6.07) is 8.05. The van der Waals surface area contributed by atoms with Crippen molar-refractivity contribution in [3.63, 3.8) is 0 Å². The quantitative estimate of drug-likeness (QED) is 0.846. The van der Waals surface area contributed by atoms with Crippen LogP contribution >= 0.6 is 0 Å². The summed E-state index contributed by atoms with van der Waals surface area (Å²) in [5.74, 6) is 3.80. The highest BCUT2D eigenvalue weighted by Gasteiger charge is 2.67. The second kappa shape index (κ2) is 3.59. The van der Waals surface area contributed by atoms with E-state index in [0.29, 0.717) is 5.92 Å². The summed E-state index contributed by atoms with van der Waals surface area (Å²) in [6.45, 7) is 2.05. The van der Waals surface area contributed by atoms with Gasteiger partial charge in [-0.25, -0.2) is 0 Å². The zero-order chi connectivity index (χ0) is 12.3. The van der Waals surface area contributed by atoms with Crippen LogP contribution in [0, 0.1) is 36.5 Å². The van der Waals surface area contributed by atoms with Gasteiger partial charge in [-0.1, -0.05) is 18.2 Å². The highest BCUT2D eigenvalue weighted by molar-refractivity contribution is 5.95. The Balaban J connectivity index is 1.48. The van der Waals surface area contributed by atoms with E-state index in [4.69, 9.17) is 0 Å². The lowest BCUT2D eigenvalue weighted by molar-refractivity contribution is -0.118. The maximum Gasteiger partial charge on any atom is 0.228 e. The number of benzene rings is 1. The number of fused-ring (bicyclic) bond motifs is 5. The molecule has 3 fully saturated rings. The van der Waals surface area contributed by atoms with Crippen molar-refractivity contribution in [2.45, 2.75) is 26.2 Å². The Morgan fingerprint density at radius 3 is 2.50 bits per heavy atom. The molecule has 3 aliphatic rings. The number of amides is 1. The molecular formula is C16H19NO. The highest BCUT2D eigenvalue weighted by atomic mass is 16.2. The van der Waals surface area contributed by atoms with Crippen LogP contribution in [0.5, 0.6) is 0 Å². The van der Waals surface area contributed by atoms with Gasteiger partial charge >= 0.3 is 0 Å². The minimum Gasteiger partial charge on any atom is -0.326 e. The first-order chi connectivity index (χ1) is 8.75. The number of para-hydroxylation sites is 1. The van der Waals surface area contributed by atoms with Crippen LogP contribution in [0.3, 0.4) is 0 Å². The van der Waals surface area contributed by atoms with Gasteiger partial charge in [-0.3, -0.25) is 4.79 Å². The maximum absolute atomic E-state index is 12.3. The minimum absolute atomic E-state index is 0.274. The molecule has 4 atom stereocenters. The lowest BCUT2D eigenvalue weighted by Crippen LogP contribution is -2.19. The summed E-state index contributed by atoms with van der Waals surface area (Å²) in [4.78, 5) is 12.3. The van der Waals surface area contributed by atoms with E-state index in [9.17, 15) is 4.79 Å². The van der Waals surface area contributed by atoms with Crippen LogP contribution in [0.4, 0.5) is 5.69 Å². The molecule has 0 aliphatic heterocycles. The molecule has 0 saturated heterocycles. The fraction of sp³-hybridized carbons (Fsp3) is 0.562.